The van der Waals surface area contributed by atoms with Gasteiger partial charge in [-0.1, -0.05) is 0 Å². The molecular weight excluding hydrogens is 288 g/mol. The smallest absolute Gasteiger partial charge is 0.277 e. The molecule has 19 heavy (non-hydrogen) atoms. The predicted molar refractivity (Wildman–Crippen MR) is 64.7 cm³/mol. The summed E-state index contributed by atoms with van der Waals surface area (Å²) < 4.78 is 51.8. The number of carbonyl (C=O) groups is 1. The Morgan fingerprint density at radius 2 is 1.89 bits per heavy atom. The van der Waals surface area contributed by atoms with Crippen LogP contribution < -0.4 is 11.1 Å². The Balaban J connectivity index is 0.00000324. The Labute approximate surface area is 113 Å². The number of aryl methyl sites for hydroxylation is 1. The minimum atomic E-state index is -3.26. The summed E-state index contributed by atoms with van der Waals surface area (Å²) in [6, 6.07) is 1.49. The van der Waals surface area contributed by atoms with Crippen molar-refractivity contribution in [3.8, 4) is 0 Å². The van der Waals surface area contributed by atoms with Crippen LogP contribution in [0.5, 0.6) is 0 Å². The van der Waals surface area contributed by atoms with Crippen LogP contribution in [0.1, 0.15) is 15.9 Å². The molecule has 0 spiro atoms. The Morgan fingerprint density at radius 1 is 1.32 bits per heavy atom. The summed E-state index contributed by atoms with van der Waals surface area (Å²) >= 11 is 0. The van der Waals surface area contributed by atoms with Crippen molar-refractivity contribution in [2.45, 2.75) is 12.8 Å². The standard InChI is InChI=1S/C11H12F4N2O.ClH/c1-6-2-7(9(13)3-8(6)12)10(18)17-5-11(14,15)4-16;/h2-3H,4-5,16H2,1H3,(H,17,18);1H. The highest BCUT2D eigenvalue weighted by molar-refractivity contribution is 5.94. The van der Waals surface area contributed by atoms with Gasteiger partial charge in [0, 0.05) is 6.07 Å². The Hall–Kier alpha value is -1.34. The van der Waals surface area contributed by atoms with Gasteiger partial charge < -0.3 is 11.1 Å². The van der Waals surface area contributed by atoms with Gasteiger partial charge in [-0.3, -0.25) is 4.79 Å². The average Bonchev–Trinajstić information content (AvgIpc) is 2.31. The quantitative estimate of drug-likeness (QED) is 0.836. The monoisotopic (exact) mass is 300 g/mol. The fraction of sp³-hybridized carbons (Fsp3) is 0.364. The lowest BCUT2D eigenvalue weighted by Crippen LogP contribution is -2.41. The van der Waals surface area contributed by atoms with Crippen LogP contribution in [-0.2, 0) is 0 Å². The van der Waals surface area contributed by atoms with Gasteiger partial charge in [0.05, 0.1) is 18.7 Å². The van der Waals surface area contributed by atoms with Crippen molar-refractivity contribution in [2.24, 2.45) is 5.73 Å². The molecule has 0 aliphatic rings. The average molecular weight is 301 g/mol. The second-order valence-corrected chi connectivity index (χ2v) is 3.82. The molecule has 0 unspecified atom stereocenters. The third-order valence-corrected chi connectivity index (χ3v) is 2.30. The van der Waals surface area contributed by atoms with E-state index >= 15 is 0 Å². The van der Waals surface area contributed by atoms with Gasteiger partial charge in [-0.15, -0.1) is 12.4 Å². The van der Waals surface area contributed by atoms with Crippen LogP contribution in [0.2, 0.25) is 0 Å². The summed E-state index contributed by atoms with van der Waals surface area (Å²) in [6.45, 7) is -0.601. The van der Waals surface area contributed by atoms with E-state index in [0.29, 0.717) is 6.07 Å². The van der Waals surface area contributed by atoms with Crippen molar-refractivity contribution in [3.63, 3.8) is 0 Å². The zero-order chi connectivity index (χ0) is 13.9. The van der Waals surface area contributed by atoms with Crippen LogP contribution in [0, 0.1) is 18.6 Å². The molecule has 0 fully saturated rings. The van der Waals surface area contributed by atoms with E-state index in [4.69, 9.17) is 5.73 Å². The third-order valence-electron chi connectivity index (χ3n) is 2.30. The van der Waals surface area contributed by atoms with E-state index in [-0.39, 0.29) is 18.0 Å². The number of hydrogen-bond donors (Lipinski definition) is 2. The SMILES string of the molecule is Cc1cc(C(=O)NCC(F)(F)CN)c(F)cc1F.Cl. The molecule has 3 nitrogen and oxygen atoms in total. The topological polar surface area (TPSA) is 55.1 Å². The van der Waals surface area contributed by atoms with Gasteiger partial charge in [-0.2, -0.15) is 0 Å². The van der Waals surface area contributed by atoms with E-state index in [1.807, 2.05) is 5.32 Å². The lowest BCUT2D eigenvalue weighted by atomic mass is 10.1. The lowest BCUT2D eigenvalue weighted by Gasteiger charge is -2.14. The number of carbonyl (C=O) groups excluding carboxylic acids is 1. The van der Waals surface area contributed by atoms with E-state index in [9.17, 15) is 22.4 Å². The van der Waals surface area contributed by atoms with Crippen LogP contribution in [0.15, 0.2) is 12.1 Å². The molecule has 1 aromatic carbocycles. The summed E-state index contributed by atoms with van der Waals surface area (Å²) in [4.78, 5) is 11.4. The number of halogens is 5. The van der Waals surface area contributed by atoms with Crippen molar-refractivity contribution in [3.05, 3.63) is 34.9 Å². The summed E-state index contributed by atoms with van der Waals surface area (Å²) in [6.07, 6.45) is 0. The van der Waals surface area contributed by atoms with Crippen molar-refractivity contribution in [1.29, 1.82) is 0 Å². The first kappa shape index (κ1) is 17.7. The number of alkyl halides is 2. The second kappa shape index (κ2) is 6.72. The van der Waals surface area contributed by atoms with E-state index in [2.05, 4.69) is 0 Å². The molecule has 1 aromatic rings. The van der Waals surface area contributed by atoms with E-state index < -0.39 is 42.1 Å². The van der Waals surface area contributed by atoms with Crippen LogP contribution >= 0.6 is 12.4 Å². The maximum absolute atomic E-state index is 13.3. The second-order valence-electron chi connectivity index (χ2n) is 3.82. The van der Waals surface area contributed by atoms with Crippen molar-refractivity contribution < 1.29 is 22.4 Å². The molecule has 0 radical (unpaired) electrons. The largest absolute Gasteiger partial charge is 0.346 e. The Morgan fingerprint density at radius 3 is 2.42 bits per heavy atom. The zero-order valence-electron chi connectivity index (χ0n) is 9.97. The van der Waals surface area contributed by atoms with Gasteiger partial charge in [-0.25, -0.2) is 17.6 Å². The van der Waals surface area contributed by atoms with Gasteiger partial charge in [0.2, 0.25) is 0 Å². The van der Waals surface area contributed by atoms with Gasteiger partial charge in [0.1, 0.15) is 11.6 Å². The predicted octanol–water partition coefficient (Wildman–Crippen LogP) is 2.02. The summed E-state index contributed by atoms with van der Waals surface area (Å²) in [5.74, 6) is -6.21. The number of nitrogens with one attached hydrogen (secondary N) is 1. The summed E-state index contributed by atoms with van der Waals surface area (Å²) in [7, 11) is 0. The molecule has 8 heteroatoms. The molecule has 0 heterocycles. The molecule has 3 N–H and O–H groups in total. The highest BCUT2D eigenvalue weighted by Gasteiger charge is 2.28. The molecule has 0 aliphatic heterocycles. The number of amides is 1. The fourth-order valence-electron chi connectivity index (χ4n) is 1.21. The summed E-state index contributed by atoms with van der Waals surface area (Å²) in [5, 5.41) is 1.85. The molecule has 1 amide bonds. The van der Waals surface area contributed by atoms with Crippen LogP contribution in [0.4, 0.5) is 17.6 Å². The number of hydrogen-bond acceptors (Lipinski definition) is 2. The Kier molecular flexibility index (Phi) is 6.24. The fourth-order valence-corrected chi connectivity index (χ4v) is 1.21. The third kappa shape index (κ3) is 4.68. The summed E-state index contributed by atoms with van der Waals surface area (Å²) in [5.41, 5.74) is 4.34. The maximum Gasteiger partial charge on any atom is 0.277 e. The van der Waals surface area contributed by atoms with Crippen LogP contribution in [-0.4, -0.2) is 24.9 Å². The van der Waals surface area contributed by atoms with Gasteiger partial charge in [0.15, 0.2) is 0 Å². The van der Waals surface area contributed by atoms with Crippen molar-refractivity contribution in [1.82, 2.24) is 5.32 Å². The molecular formula is C11H13ClF4N2O. The molecule has 0 aromatic heterocycles. The highest BCUT2D eigenvalue weighted by atomic mass is 35.5. The maximum atomic E-state index is 13.3. The number of nitrogens with two attached hydrogens (primary N) is 1. The number of rotatable bonds is 4. The zero-order valence-corrected chi connectivity index (χ0v) is 10.8. The van der Waals surface area contributed by atoms with Gasteiger partial charge >= 0.3 is 0 Å². The minimum absolute atomic E-state index is 0. The molecule has 108 valence electrons. The Bertz CT molecular complexity index is 468. The van der Waals surface area contributed by atoms with Gasteiger partial charge in [0.25, 0.3) is 11.8 Å². The van der Waals surface area contributed by atoms with E-state index in [1.165, 1.54) is 6.92 Å². The molecule has 0 saturated heterocycles. The van der Waals surface area contributed by atoms with E-state index in [0.717, 1.165) is 6.07 Å². The lowest BCUT2D eigenvalue weighted by molar-refractivity contribution is 0.0118. The van der Waals surface area contributed by atoms with Gasteiger partial charge in [-0.05, 0) is 18.6 Å². The molecule has 1 rings (SSSR count). The first-order valence-electron chi connectivity index (χ1n) is 5.08. The van der Waals surface area contributed by atoms with Crippen LogP contribution in [0.3, 0.4) is 0 Å². The molecule has 0 bridgehead atoms. The number of benzene rings is 1. The normalized spacial score (nSPS) is 10.8. The van der Waals surface area contributed by atoms with Crippen LogP contribution in [0.25, 0.3) is 0 Å². The van der Waals surface area contributed by atoms with Crippen molar-refractivity contribution >= 4 is 18.3 Å². The highest BCUT2D eigenvalue weighted by Crippen LogP contribution is 2.15. The van der Waals surface area contributed by atoms with Crippen molar-refractivity contribution in [2.75, 3.05) is 13.1 Å². The minimum Gasteiger partial charge on any atom is -0.346 e. The molecule has 0 atom stereocenters. The molecule has 0 aliphatic carbocycles. The first-order chi connectivity index (χ1) is 8.26. The van der Waals surface area contributed by atoms with E-state index in [1.54, 1.807) is 0 Å². The first-order valence-corrected chi connectivity index (χ1v) is 5.08. The molecule has 0 saturated carbocycles.